The van der Waals surface area contributed by atoms with Crippen LogP contribution in [0.15, 0.2) is 17.8 Å². The Morgan fingerprint density at radius 1 is 1.48 bits per heavy atom. The molecule has 1 atom stereocenters. The minimum Gasteiger partial charge on any atom is -0.466 e. The number of amides is 1. The van der Waals surface area contributed by atoms with Gasteiger partial charge in [-0.1, -0.05) is 0 Å². The van der Waals surface area contributed by atoms with Crippen LogP contribution in [0, 0.1) is 0 Å². The third-order valence-electron chi connectivity index (χ3n) is 3.02. The van der Waals surface area contributed by atoms with Gasteiger partial charge in [-0.3, -0.25) is 14.3 Å². The van der Waals surface area contributed by atoms with E-state index in [1.807, 2.05) is 0 Å². The van der Waals surface area contributed by atoms with Crippen molar-refractivity contribution < 1.29 is 14.3 Å². The number of rotatable bonds is 7. The molecule has 2 rings (SSSR count). The molecule has 9 heteroatoms. The van der Waals surface area contributed by atoms with E-state index >= 15 is 0 Å². The first kappa shape index (κ1) is 17.1. The van der Waals surface area contributed by atoms with Crippen LogP contribution in [0.3, 0.4) is 0 Å². The van der Waals surface area contributed by atoms with Crippen molar-refractivity contribution in [1.29, 1.82) is 0 Å². The van der Waals surface area contributed by atoms with E-state index < -0.39 is 6.04 Å². The van der Waals surface area contributed by atoms with E-state index in [4.69, 9.17) is 4.74 Å². The Kier molecular flexibility index (Phi) is 5.83. The summed E-state index contributed by atoms with van der Waals surface area (Å²) in [6.07, 6.45) is 3.50. The predicted molar refractivity (Wildman–Crippen MR) is 86.1 cm³/mol. The van der Waals surface area contributed by atoms with Crippen molar-refractivity contribution in [2.24, 2.45) is 7.05 Å². The number of nitrogens with zero attached hydrogens (tertiary/aromatic N) is 3. The van der Waals surface area contributed by atoms with Gasteiger partial charge in [0.05, 0.1) is 24.9 Å². The van der Waals surface area contributed by atoms with Gasteiger partial charge >= 0.3 is 5.97 Å². The third-order valence-corrected chi connectivity index (χ3v) is 3.83. The number of likely N-dealkylation sites (N-methyl/N-ethyl adjacent to an activating group) is 1. The van der Waals surface area contributed by atoms with E-state index in [0.29, 0.717) is 17.4 Å². The Morgan fingerprint density at radius 2 is 2.26 bits per heavy atom. The zero-order valence-electron chi connectivity index (χ0n) is 13.2. The third kappa shape index (κ3) is 4.60. The van der Waals surface area contributed by atoms with Crippen LogP contribution in [-0.2, 0) is 27.8 Å². The quantitative estimate of drug-likeness (QED) is 0.728. The molecule has 8 nitrogen and oxygen atoms in total. The maximum Gasteiger partial charge on any atom is 0.311 e. The molecule has 2 aromatic rings. The number of carbonyl (C=O) groups excluding carboxylic acids is 2. The number of aromatic nitrogens is 3. The number of anilines is 1. The van der Waals surface area contributed by atoms with Crippen molar-refractivity contribution in [3.63, 3.8) is 0 Å². The molecule has 0 aliphatic carbocycles. The van der Waals surface area contributed by atoms with Gasteiger partial charge in [0.1, 0.15) is 6.04 Å². The number of aryl methyl sites for hydroxylation is 1. The molecule has 0 aromatic carbocycles. The van der Waals surface area contributed by atoms with Gasteiger partial charge in [-0.05, 0) is 14.0 Å². The average Bonchev–Trinajstić information content (AvgIpc) is 3.09. The van der Waals surface area contributed by atoms with Crippen LogP contribution >= 0.6 is 11.3 Å². The summed E-state index contributed by atoms with van der Waals surface area (Å²) < 4.78 is 6.50. The normalized spacial score (nSPS) is 12.0. The number of nitrogens with one attached hydrogen (secondary N) is 2. The fourth-order valence-corrected chi connectivity index (χ4v) is 2.73. The molecule has 0 aliphatic rings. The fraction of sp³-hybridized carbons (Fsp3) is 0.429. The number of ether oxygens (including phenoxy) is 1. The maximum absolute atomic E-state index is 12.4. The van der Waals surface area contributed by atoms with Crippen LogP contribution in [0.5, 0.6) is 0 Å². The summed E-state index contributed by atoms with van der Waals surface area (Å²) in [5, 5.41) is 11.9. The molecule has 124 valence electrons. The summed E-state index contributed by atoms with van der Waals surface area (Å²) in [6.45, 7) is 2.09. The first-order valence-corrected chi connectivity index (χ1v) is 7.98. The Balaban J connectivity index is 1.99. The largest absolute Gasteiger partial charge is 0.466 e. The first-order valence-electron chi connectivity index (χ1n) is 7.10. The smallest absolute Gasteiger partial charge is 0.311 e. The molecular formula is C14H19N5O3S. The summed E-state index contributed by atoms with van der Waals surface area (Å²) in [4.78, 5) is 28.0. The number of hydrogen-bond donors (Lipinski definition) is 2. The molecule has 0 saturated heterocycles. The minimum absolute atomic E-state index is 0.0955. The second kappa shape index (κ2) is 7.84. The van der Waals surface area contributed by atoms with Crippen LogP contribution in [0.2, 0.25) is 0 Å². The zero-order valence-corrected chi connectivity index (χ0v) is 14.0. The standard InChI is InChI=1S/C14H19N5O3S/c1-4-22-11(20)5-10-8-23-14(17-10)18-13(21)12(15-2)9-6-16-19(3)7-9/h6-8,12,15H,4-5H2,1-3H3,(H,17,18,21). The monoisotopic (exact) mass is 337 g/mol. The first-order chi connectivity index (χ1) is 11.0. The van der Waals surface area contributed by atoms with Crippen LogP contribution in [-0.4, -0.2) is 40.3 Å². The molecular weight excluding hydrogens is 318 g/mol. The number of hydrogen-bond acceptors (Lipinski definition) is 7. The predicted octanol–water partition coefficient (Wildman–Crippen LogP) is 0.881. The molecule has 0 aliphatic heterocycles. The lowest BCUT2D eigenvalue weighted by Gasteiger charge is -2.12. The number of thiazole rings is 1. The van der Waals surface area contributed by atoms with Crippen molar-refractivity contribution in [1.82, 2.24) is 20.1 Å². The lowest BCUT2D eigenvalue weighted by atomic mass is 10.1. The second-order valence-corrected chi connectivity index (χ2v) is 5.64. The Labute approximate surface area is 137 Å². The Bertz CT molecular complexity index is 682. The fourth-order valence-electron chi connectivity index (χ4n) is 2.02. The van der Waals surface area contributed by atoms with Crippen molar-refractivity contribution >= 4 is 28.3 Å². The lowest BCUT2D eigenvalue weighted by Crippen LogP contribution is -2.30. The van der Waals surface area contributed by atoms with Crippen LogP contribution in [0.1, 0.15) is 24.2 Å². The second-order valence-electron chi connectivity index (χ2n) is 4.78. The van der Waals surface area contributed by atoms with Crippen molar-refractivity contribution in [3.05, 3.63) is 29.0 Å². The molecule has 0 bridgehead atoms. The van der Waals surface area contributed by atoms with Crippen LogP contribution in [0.4, 0.5) is 5.13 Å². The molecule has 0 fully saturated rings. The molecule has 2 aromatic heterocycles. The van der Waals surface area contributed by atoms with Crippen molar-refractivity contribution in [3.8, 4) is 0 Å². The summed E-state index contributed by atoms with van der Waals surface area (Å²) in [7, 11) is 3.49. The molecule has 23 heavy (non-hydrogen) atoms. The minimum atomic E-state index is -0.527. The highest BCUT2D eigenvalue weighted by Gasteiger charge is 2.21. The summed E-state index contributed by atoms with van der Waals surface area (Å²) in [6, 6.07) is -0.527. The molecule has 1 amide bonds. The molecule has 0 spiro atoms. The van der Waals surface area contributed by atoms with Gasteiger partial charge in [0.25, 0.3) is 0 Å². The van der Waals surface area contributed by atoms with E-state index in [0.717, 1.165) is 5.56 Å². The van der Waals surface area contributed by atoms with E-state index in [-0.39, 0.29) is 18.3 Å². The van der Waals surface area contributed by atoms with E-state index in [1.54, 1.807) is 43.5 Å². The average molecular weight is 337 g/mol. The molecule has 1 unspecified atom stereocenters. The highest BCUT2D eigenvalue weighted by molar-refractivity contribution is 7.13. The van der Waals surface area contributed by atoms with Crippen molar-refractivity contribution in [2.75, 3.05) is 19.0 Å². The summed E-state index contributed by atoms with van der Waals surface area (Å²) >= 11 is 1.27. The van der Waals surface area contributed by atoms with Crippen molar-refractivity contribution in [2.45, 2.75) is 19.4 Å². The molecule has 2 N–H and O–H groups in total. The molecule has 2 heterocycles. The van der Waals surface area contributed by atoms with Gasteiger partial charge < -0.3 is 15.4 Å². The summed E-state index contributed by atoms with van der Waals surface area (Å²) in [5.41, 5.74) is 1.34. The van der Waals surface area contributed by atoms with Gasteiger partial charge in [-0.2, -0.15) is 5.10 Å². The Hall–Kier alpha value is -2.26. The van der Waals surface area contributed by atoms with Gasteiger partial charge in [0.2, 0.25) is 5.91 Å². The highest BCUT2D eigenvalue weighted by atomic mass is 32.1. The molecule has 0 saturated carbocycles. The van der Waals surface area contributed by atoms with E-state index in [1.165, 1.54) is 11.3 Å². The zero-order chi connectivity index (χ0) is 16.8. The molecule has 0 radical (unpaired) electrons. The maximum atomic E-state index is 12.4. The van der Waals surface area contributed by atoms with Gasteiger partial charge in [0, 0.05) is 24.2 Å². The van der Waals surface area contributed by atoms with E-state index in [9.17, 15) is 9.59 Å². The van der Waals surface area contributed by atoms with E-state index in [2.05, 4.69) is 20.7 Å². The van der Waals surface area contributed by atoms with Gasteiger partial charge in [0.15, 0.2) is 5.13 Å². The van der Waals surface area contributed by atoms with Crippen LogP contribution < -0.4 is 10.6 Å². The Morgan fingerprint density at radius 3 is 2.87 bits per heavy atom. The summed E-state index contributed by atoms with van der Waals surface area (Å²) in [5.74, 6) is -0.573. The lowest BCUT2D eigenvalue weighted by molar-refractivity contribution is -0.142. The van der Waals surface area contributed by atoms with Crippen LogP contribution in [0.25, 0.3) is 0 Å². The highest BCUT2D eigenvalue weighted by Crippen LogP contribution is 2.19. The SMILES string of the molecule is CCOC(=O)Cc1csc(NC(=O)C(NC)c2cnn(C)c2)n1. The van der Waals surface area contributed by atoms with Gasteiger partial charge in [-0.15, -0.1) is 11.3 Å². The number of carbonyl (C=O) groups is 2. The number of esters is 1. The topological polar surface area (TPSA) is 98.1 Å². The van der Waals surface area contributed by atoms with Gasteiger partial charge in [-0.25, -0.2) is 4.98 Å².